The molecule has 0 spiro atoms. The molecule has 2 aromatic heterocycles. The molecule has 1 amide bonds. The van der Waals surface area contributed by atoms with Crippen LogP contribution in [0.5, 0.6) is 0 Å². The van der Waals surface area contributed by atoms with Gasteiger partial charge in [0.25, 0.3) is 0 Å². The third kappa shape index (κ3) is 3.90. The lowest BCUT2D eigenvalue weighted by Gasteiger charge is -2.23. The molecular formula is C15H20N4O4S2. The van der Waals surface area contributed by atoms with Crippen LogP contribution in [-0.2, 0) is 21.2 Å². The van der Waals surface area contributed by atoms with E-state index in [9.17, 15) is 13.2 Å². The van der Waals surface area contributed by atoms with Crippen molar-refractivity contribution in [3.63, 3.8) is 0 Å². The molecule has 1 saturated heterocycles. The van der Waals surface area contributed by atoms with Gasteiger partial charge in [0.15, 0.2) is 26.6 Å². The number of rotatable bonds is 6. The molecule has 10 heteroatoms. The van der Waals surface area contributed by atoms with Gasteiger partial charge in [0.2, 0.25) is 5.91 Å². The molecule has 1 atom stereocenters. The number of aromatic nitrogens is 3. The van der Waals surface area contributed by atoms with Crippen LogP contribution in [0.25, 0.3) is 11.6 Å². The van der Waals surface area contributed by atoms with Crippen molar-refractivity contribution in [2.75, 3.05) is 24.3 Å². The quantitative estimate of drug-likeness (QED) is 0.692. The normalized spacial score (nSPS) is 19.2. The van der Waals surface area contributed by atoms with Crippen LogP contribution in [-0.4, -0.2) is 64.3 Å². The Hall–Kier alpha value is -1.81. The summed E-state index contributed by atoms with van der Waals surface area (Å²) < 4.78 is 30.4. The molecule has 1 aliphatic rings. The molecule has 8 nitrogen and oxygen atoms in total. The molecule has 0 radical (unpaired) electrons. The predicted octanol–water partition coefficient (Wildman–Crippen LogP) is 1.30. The van der Waals surface area contributed by atoms with Gasteiger partial charge in [0.05, 0.1) is 23.5 Å². The van der Waals surface area contributed by atoms with Gasteiger partial charge in [-0.2, -0.15) is 0 Å². The van der Waals surface area contributed by atoms with Gasteiger partial charge in [-0.3, -0.25) is 9.36 Å². The van der Waals surface area contributed by atoms with Crippen molar-refractivity contribution in [2.45, 2.75) is 31.1 Å². The van der Waals surface area contributed by atoms with Crippen molar-refractivity contribution in [2.24, 2.45) is 0 Å². The minimum absolute atomic E-state index is 0.0493. The second-order valence-corrected chi connectivity index (χ2v) is 9.05. The number of nitrogens with zero attached hydrogens (tertiary/aromatic N) is 4. The first-order valence-corrected chi connectivity index (χ1v) is 10.8. The van der Waals surface area contributed by atoms with Crippen LogP contribution in [0.3, 0.4) is 0 Å². The number of hydrogen-bond acceptors (Lipinski definition) is 7. The van der Waals surface area contributed by atoms with Gasteiger partial charge in [-0.05, 0) is 25.5 Å². The molecule has 1 aliphatic heterocycles. The van der Waals surface area contributed by atoms with Crippen LogP contribution in [0.4, 0.5) is 0 Å². The average Bonchev–Trinajstić information content (AvgIpc) is 3.30. The number of sulfone groups is 1. The molecule has 2 aromatic rings. The van der Waals surface area contributed by atoms with Gasteiger partial charge < -0.3 is 9.32 Å². The van der Waals surface area contributed by atoms with Crippen molar-refractivity contribution < 1.29 is 17.6 Å². The minimum Gasteiger partial charge on any atom is -0.461 e. The van der Waals surface area contributed by atoms with Crippen molar-refractivity contribution in [1.29, 1.82) is 0 Å². The topological polar surface area (TPSA) is 98.3 Å². The standard InChI is InChI=1S/C15H20N4O4S2/c1-3-19-14(12-5-4-7-23-12)16-17-15(19)24-9-13(20)18(2)11-6-8-25(21,22)10-11/h4-5,7,11H,3,6,8-10H2,1-2H3/t11-/m0/s1. The number of carbonyl (C=O) groups excluding carboxylic acids is 1. The summed E-state index contributed by atoms with van der Waals surface area (Å²) in [6, 6.07) is 3.36. The van der Waals surface area contributed by atoms with Crippen LogP contribution in [0.2, 0.25) is 0 Å². The Bertz CT molecular complexity index is 845. The zero-order valence-corrected chi connectivity index (χ0v) is 15.7. The summed E-state index contributed by atoms with van der Waals surface area (Å²) in [5.74, 6) is 1.52. The maximum Gasteiger partial charge on any atom is 0.233 e. The highest BCUT2D eigenvalue weighted by atomic mass is 32.2. The molecule has 3 heterocycles. The molecule has 0 saturated carbocycles. The second-order valence-electron chi connectivity index (χ2n) is 5.88. The fourth-order valence-corrected chi connectivity index (χ4v) is 5.48. The third-order valence-electron chi connectivity index (χ3n) is 4.25. The summed E-state index contributed by atoms with van der Waals surface area (Å²) in [6.45, 7) is 2.62. The Balaban J connectivity index is 1.64. The Labute approximate surface area is 150 Å². The maximum absolute atomic E-state index is 12.4. The third-order valence-corrected chi connectivity index (χ3v) is 6.95. The summed E-state index contributed by atoms with van der Waals surface area (Å²) in [4.78, 5) is 13.9. The van der Waals surface area contributed by atoms with E-state index in [1.165, 1.54) is 16.7 Å². The van der Waals surface area contributed by atoms with E-state index in [1.54, 1.807) is 19.4 Å². The van der Waals surface area contributed by atoms with E-state index in [-0.39, 0.29) is 29.2 Å². The first kappa shape index (κ1) is 18.0. The molecule has 0 aromatic carbocycles. The summed E-state index contributed by atoms with van der Waals surface area (Å²) in [5, 5.41) is 8.92. The second kappa shape index (κ2) is 7.20. The van der Waals surface area contributed by atoms with E-state index in [4.69, 9.17) is 4.42 Å². The smallest absolute Gasteiger partial charge is 0.233 e. The molecule has 0 unspecified atom stereocenters. The van der Waals surface area contributed by atoms with Crippen molar-refractivity contribution in [1.82, 2.24) is 19.7 Å². The highest BCUT2D eigenvalue weighted by Gasteiger charge is 2.32. The number of hydrogen-bond donors (Lipinski definition) is 0. The lowest BCUT2D eigenvalue weighted by molar-refractivity contribution is -0.128. The molecule has 136 valence electrons. The van der Waals surface area contributed by atoms with Crippen LogP contribution < -0.4 is 0 Å². The lowest BCUT2D eigenvalue weighted by Crippen LogP contribution is -2.38. The van der Waals surface area contributed by atoms with Gasteiger partial charge in [0.1, 0.15) is 0 Å². The van der Waals surface area contributed by atoms with E-state index >= 15 is 0 Å². The van der Waals surface area contributed by atoms with Crippen molar-refractivity contribution >= 4 is 27.5 Å². The van der Waals surface area contributed by atoms with Gasteiger partial charge in [-0.1, -0.05) is 11.8 Å². The van der Waals surface area contributed by atoms with Crippen LogP contribution in [0.1, 0.15) is 13.3 Å². The van der Waals surface area contributed by atoms with Crippen molar-refractivity contribution in [3.8, 4) is 11.6 Å². The molecule has 3 rings (SSSR count). The summed E-state index contributed by atoms with van der Waals surface area (Å²) >= 11 is 1.29. The lowest BCUT2D eigenvalue weighted by atomic mass is 10.2. The first-order valence-electron chi connectivity index (χ1n) is 7.97. The Kier molecular flexibility index (Phi) is 5.19. The zero-order valence-electron chi connectivity index (χ0n) is 14.1. The summed E-state index contributed by atoms with van der Waals surface area (Å²) in [5.41, 5.74) is 0. The van der Waals surface area contributed by atoms with E-state index in [1.807, 2.05) is 17.6 Å². The number of furan rings is 1. The van der Waals surface area contributed by atoms with Gasteiger partial charge in [-0.15, -0.1) is 10.2 Å². The van der Waals surface area contributed by atoms with E-state index in [0.29, 0.717) is 29.7 Å². The summed E-state index contributed by atoms with van der Waals surface area (Å²) in [6.07, 6.45) is 2.08. The largest absolute Gasteiger partial charge is 0.461 e. The van der Waals surface area contributed by atoms with Gasteiger partial charge in [0, 0.05) is 19.6 Å². The fraction of sp³-hybridized carbons (Fsp3) is 0.533. The Morgan fingerprint density at radius 1 is 1.48 bits per heavy atom. The summed E-state index contributed by atoms with van der Waals surface area (Å²) in [7, 11) is -1.35. The van der Waals surface area contributed by atoms with E-state index < -0.39 is 9.84 Å². The number of carbonyl (C=O) groups is 1. The number of amides is 1. The maximum atomic E-state index is 12.4. The van der Waals surface area contributed by atoms with E-state index in [0.717, 1.165) is 0 Å². The molecule has 1 fully saturated rings. The molecule has 0 aliphatic carbocycles. The fourth-order valence-electron chi connectivity index (χ4n) is 2.78. The first-order chi connectivity index (χ1) is 11.9. The molecule has 25 heavy (non-hydrogen) atoms. The van der Waals surface area contributed by atoms with Gasteiger partial charge in [-0.25, -0.2) is 8.42 Å². The Morgan fingerprint density at radius 3 is 2.88 bits per heavy atom. The molecule has 0 bridgehead atoms. The highest BCUT2D eigenvalue weighted by molar-refractivity contribution is 7.99. The molecule has 0 N–H and O–H groups in total. The predicted molar refractivity (Wildman–Crippen MR) is 94.0 cm³/mol. The van der Waals surface area contributed by atoms with Crippen LogP contribution in [0, 0.1) is 0 Å². The van der Waals surface area contributed by atoms with Crippen molar-refractivity contribution in [3.05, 3.63) is 18.4 Å². The van der Waals surface area contributed by atoms with Crippen LogP contribution in [0.15, 0.2) is 28.0 Å². The SMILES string of the molecule is CCn1c(SCC(=O)N(C)[C@H]2CCS(=O)(=O)C2)nnc1-c1ccco1. The molecular weight excluding hydrogens is 364 g/mol. The number of thioether (sulfide) groups is 1. The highest BCUT2D eigenvalue weighted by Crippen LogP contribution is 2.25. The van der Waals surface area contributed by atoms with Gasteiger partial charge >= 0.3 is 0 Å². The van der Waals surface area contributed by atoms with Crippen LogP contribution >= 0.6 is 11.8 Å². The average molecular weight is 384 g/mol. The minimum atomic E-state index is -3.01. The Morgan fingerprint density at radius 2 is 2.28 bits per heavy atom. The zero-order chi connectivity index (χ0) is 18.0. The monoisotopic (exact) mass is 384 g/mol. The van der Waals surface area contributed by atoms with E-state index in [2.05, 4.69) is 10.2 Å².